The van der Waals surface area contributed by atoms with E-state index in [4.69, 9.17) is 5.11 Å². The summed E-state index contributed by atoms with van der Waals surface area (Å²) < 4.78 is 0. The van der Waals surface area contributed by atoms with Gasteiger partial charge in [0.15, 0.2) is 0 Å². The molecule has 0 aromatic heterocycles. The molecule has 1 rings (SSSR count). The van der Waals surface area contributed by atoms with Gasteiger partial charge in [-0.05, 0) is 40.0 Å². The summed E-state index contributed by atoms with van der Waals surface area (Å²) >= 11 is 0. The van der Waals surface area contributed by atoms with Gasteiger partial charge >= 0.3 is 5.97 Å². The van der Waals surface area contributed by atoms with Gasteiger partial charge in [0, 0.05) is 24.5 Å². The van der Waals surface area contributed by atoms with Crippen LogP contribution in [0.2, 0.25) is 0 Å². The zero-order valence-electron chi connectivity index (χ0n) is 9.58. The van der Waals surface area contributed by atoms with Gasteiger partial charge in [-0.1, -0.05) is 0 Å². The summed E-state index contributed by atoms with van der Waals surface area (Å²) in [5.74, 6) is -0.346. The Kier molecular flexibility index (Phi) is 3.20. The normalized spacial score (nSPS) is 27.1. The Labute approximate surface area is 86.1 Å². The number of aliphatic carboxylic acids is 1. The average Bonchev–Trinajstić information content (AvgIpc) is 2.23. The van der Waals surface area contributed by atoms with Crippen molar-refractivity contribution in [3.8, 4) is 0 Å². The van der Waals surface area contributed by atoms with Crippen LogP contribution < -0.4 is 0 Å². The SMILES string of the molecule is CC(C)N1CC(CC(=O)O)CC1(C)C. The molecule has 0 saturated carbocycles. The predicted octanol–water partition coefficient (Wildman–Crippen LogP) is 1.97. The zero-order chi connectivity index (χ0) is 10.9. The highest BCUT2D eigenvalue weighted by molar-refractivity contribution is 5.67. The Morgan fingerprint density at radius 1 is 1.57 bits per heavy atom. The average molecular weight is 199 g/mol. The van der Waals surface area contributed by atoms with E-state index in [2.05, 4.69) is 32.6 Å². The third-order valence-corrected chi connectivity index (χ3v) is 3.11. The maximum atomic E-state index is 10.6. The number of nitrogens with zero attached hydrogens (tertiary/aromatic N) is 1. The first-order valence-corrected chi connectivity index (χ1v) is 5.31. The van der Waals surface area contributed by atoms with Crippen molar-refractivity contribution in [3.63, 3.8) is 0 Å². The van der Waals surface area contributed by atoms with Crippen molar-refractivity contribution < 1.29 is 9.90 Å². The maximum Gasteiger partial charge on any atom is 0.303 e. The second kappa shape index (κ2) is 3.89. The van der Waals surface area contributed by atoms with Crippen LogP contribution in [-0.2, 0) is 4.79 Å². The van der Waals surface area contributed by atoms with Gasteiger partial charge in [0.1, 0.15) is 0 Å². The third-order valence-electron chi connectivity index (χ3n) is 3.11. The molecule has 1 unspecified atom stereocenters. The Balaban J connectivity index is 2.62. The predicted molar refractivity (Wildman–Crippen MR) is 56.3 cm³/mol. The standard InChI is InChI=1S/C11H21NO2/c1-8(2)12-7-9(5-10(13)14)6-11(12,3)4/h8-9H,5-7H2,1-4H3,(H,13,14). The lowest BCUT2D eigenvalue weighted by Crippen LogP contribution is -2.42. The zero-order valence-corrected chi connectivity index (χ0v) is 9.58. The molecule has 1 atom stereocenters. The van der Waals surface area contributed by atoms with Gasteiger partial charge in [0.25, 0.3) is 0 Å². The molecule has 14 heavy (non-hydrogen) atoms. The Hall–Kier alpha value is -0.570. The summed E-state index contributed by atoms with van der Waals surface area (Å²) in [6.45, 7) is 9.68. The molecule has 0 amide bonds. The number of hydrogen-bond acceptors (Lipinski definition) is 2. The van der Waals surface area contributed by atoms with Crippen molar-refractivity contribution in [1.29, 1.82) is 0 Å². The molecule has 0 aliphatic carbocycles. The van der Waals surface area contributed by atoms with E-state index in [1.807, 2.05) is 0 Å². The van der Waals surface area contributed by atoms with Crippen LogP contribution in [-0.4, -0.2) is 34.1 Å². The number of carboxylic acids is 1. The van der Waals surface area contributed by atoms with E-state index in [9.17, 15) is 4.79 Å². The molecule has 1 aliphatic rings. The van der Waals surface area contributed by atoms with Crippen molar-refractivity contribution in [2.24, 2.45) is 5.92 Å². The van der Waals surface area contributed by atoms with Crippen molar-refractivity contribution in [1.82, 2.24) is 4.90 Å². The fraction of sp³-hybridized carbons (Fsp3) is 0.909. The minimum absolute atomic E-state index is 0.161. The molecule has 0 aromatic carbocycles. The van der Waals surface area contributed by atoms with Crippen LogP contribution in [0.25, 0.3) is 0 Å². The minimum atomic E-state index is -0.670. The summed E-state index contributed by atoms with van der Waals surface area (Å²) in [5, 5.41) is 8.75. The summed E-state index contributed by atoms with van der Waals surface area (Å²) in [7, 11) is 0. The molecule has 3 nitrogen and oxygen atoms in total. The van der Waals surface area contributed by atoms with E-state index in [1.165, 1.54) is 0 Å². The van der Waals surface area contributed by atoms with Gasteiger partial charge in [-0.2, -0.15) is 0 Å². The first kappa shape index (κ1) is 11.5. The largest absolute Gasteiger partial charge is 0.481 e. The minimum Gasteiger partial charge on any atom is -0.481 e. The third kappa shape index (κ3) is 2.47. The number of likely N-dealkylation sites (tertiary alicyclic amines) is 1. The molecule has 1 saturated heterocycles. The molecule has 0 spiro atoms. The molecule has 0 radical (unpaired) electrons. The lowest BCUT2D eigenvalue weighted by molar-refractivity contribution is -0.138. The molecule has 0 bridgehead atoms. The lowest BCUT2D eigenvalue weighted by Gasteiger charge is -2.34. The number of hydrogen-bond donors (Lipinski definition) is 1. The van der Waals surface area contributed by atoms with E-state index in [0.29, 0.717) is 18.4 Å². The van der Waals surface area contributed by atoms with Crippen LogP contribution >= 0.6 is 0 Å². The second-order valence-electron chi connectivity index (χ2n) is 5.23. The number of rotatable bonds is 3. The molecule has 1 N–H and O–H groups in total. The summed E-state index contributed by atoms with van der Waals surface area (Å²) in [5.41, 5.74) is 0.161. The van der Waals surface area contributed by atoms with Crippen molar-refractivity contribution in [2.75, 3.05) is 6.54 Å². The molecule has 3 heteroatoms. The van der Waals surface area contributed by atoms with Crippen molar-refractivity contribution >= 4 is 5.97 Å². The maximum absolute atomic E-state index is 10.6. The molecule has 82 valence electrons. The van der Waals surface area contributed by atoms with Gasteiger partial charge < -0.3 is 5.11 Å². The van der Waals surface area contributed by atoms with Gasteiger partial charge in [-0.25, -0.2) is 0 Å². The summed E-state index contributed by atoms with van der Waals surface area (Å²) in [6, 6.07) is 0.504. The molecule has 1 aliphatic heterocycles. The number of carboxylic acid groups (broad SMARTS) is 1. The molecular weight excluding hydrogens is 178 g/mol. The monoisotopic (exact) mass is 199 g/mol. The van der Waals surface area contributed by atoms with Gasteiger partial charge in [0.05, 0.1) is 0 Å². The summed E-state index contributed by atoms with van der Waals surface area (Å²) in [6.07, 6.45) is 1.31. The van der Waals surface area contributed by atoms with Gasteiger partial charge in [-0.15, -0.1) is 0 Å². The van der Waals surface area contributed by atoms with Crippen LogP contribution in [0.5, 0.6) is 0 Å². The molecule has 0 aromatic rings. The van der Waals surface area contributed by atoms with Crippen LogP contribution in [0.4, 0.5) is 0 Å². The van der Waals surface area contributed by atoms with Gasteiger partial charge in [0.2, 0.25) is 0 Å². The second-order valence-corrected chi connectivity index (χ2v) is 5.23. The van der Waals surface area contributed by atoms with E-state index in [1.54, 1.807) is 0 Å². The highest BCUT2D eigenvalue weighted by atomic mass is 16.4. The van der Waals surface area contributed by atoms with E-state index in [0.717, 1.165) is 13.0 Å². The van der Waals surface area contributed by atoms with Gasteiger partial charge in [-0.3, -0.25) is 9.69 Å². The molecule has 1 heterocycles. The topological polar surface area (TPSA) is 40.5 Å². The van der Waals surface area contributed by atoms with E-state index in [-0.39, 0.29) is 5.54 Å². The van der Waals surface area contributed by atoms with Crippen molar-refractivity contribution in [3.05, 3.63) is 0 Å². The van der Waals surface area contributed by atoms with Crippen LogP contribution in [0.1, 0.15) is 40.5 Å². The molecule has 1 fully saturated rings. The highest BCUT2D eigenvalue weighted by Crippen LogP contribution is 2.35. The van der Waals surface area contributed by atoms with E-state index < -0.39 is 5.97 Å². The lowest BCUT2D eigenvalue weighted by atomic mass is 9.94. The Morgan fingerprint density at radius 3 is 2.50 bits per heavy atom. The fourth-order valence-corrected chi connectivity index (χ4v) is 2.71. The highest BCUT2D eigenvalue weighted by Gasteiger charge is 2.39. The van der Waals surface area contributed by atoms with Crippen LogP contribution in [0.3, 0.4) is 0 Å². The summed E-state index contributed by atoms with van der Waals surface area (Å²) in [4.78, 5) is 13.0. The first-order valence-electron chi connectivity index (χ1n) is 5.31. The van der Waals surface area contributed by atoms with Crippen LogP contribution in [0.15, 0.2) is 0 Å². The Morgan fingerprint density at radius 2 is 2.14 bits per heavy atom. The number of carbonyl (C=O) groups is 1. The first-order chi connectivity index (χ1) is 6.33. The fourth-order valence-electron chi connectivity index (χ4n) is 2.71. The molecular formula is C11H21NO2. The van der Waals surface area contributed by atoms with Crippen LogP contribution in [0, 0.1) is 5.92 Å². The van der Waals surface area contributed by atoms with E-state index >= 15 is 0 Å². The smallest absolute Gasteiger partial charge is 0.303 e. The van der Waals surface area contributed by atoms with Crippen molar-refractivity contribution in [2.45, 2.75) is 52.1 Å². The Bertz CT molecular complexity index is 223. The quantitative estimate of drug-likeness (QED) is 0.755.